The van der Waals surface area contributed by atoms with Crippen molar-refractivity contribution in [2.24, 2.45) is 0 Å². The van der Waals surface area contributed by atoms with Gasteiger partial charge in [-0.05, 0) is 19.9 Å². The summed E-state index contributed by atoms with van der Waals surface area (Å²) < 4.78 is 7.40. The van der Waals surface area contributed by atoms with Crippen LogP contribution >= 0.6 is 37.2 Å². The van der Waals surface area contributed by atoms with Crippen LogP contribution in [0, 0.1) is 13.8 Å². The SMILES string of the molecule is Cc1cc(C)n(CCN2CCOCC2)n1.Cl.Cl.Cl. The zero-order chi connectivity index (χ0) is 10.7. The normalized spacial score (nSPS) is 15.2. The van der Waals surface area contributed by atoms with Crippen LogP contribution in [0.1, 0.15) is 11.4 Å². The smallest absolute Gasteiger partial charge is 0.0596 e. The predicted octanol–water partition coefficient (Wildman–Crippen LogP) is 2.10. The summed E-state index contributed by atoms with van der Waals surface area (Å²) in [5.41, 5.74) is 2.36. The summed E-state index contributed by atoms with van der Waals surface area (Å²) in [6, 6.07) is 2.12. The van der Waals surface area contributed by atoms with Crippen molar-refractivity contribution >= 4 is 37.2 Å². The molecular weight excluding hydrogens is 296 g/mol. The van der Waals surface area contributed by atoms with Gasteiger partial charge >= 0.3 is 0 Å². The first kappa shape index (κ1) is 20.3. The minimum Gasteiger partial charge on any atom is -0.379 e. The Labute approximate surface area is 127 Å². The molecule has 1 fully saturated rings. The van der Waals surface area contributed by atoms with E-state index in [1.807, 2.05) is 6.92 Å². The van der Waals surface area contributed by atoms with Crippen molar-refractivity contribution in [3.05, 3.63) is 17.5 Å². The van der Waals surface area contributed by atoms with Crippen LogP contribution in [0.25, 0.3) is 0 Å². The molecule has 0 bridgehead atoms. The van der Waals surface area contributed by atoms with Crippen LogP contribution in [0.3, 0.4) is 0 Å². The van der Waals surface area contributed by atoms with E-state index in [1.165, 1.54) is 5.69 Å². The van der Waals surface area contributed by atoms with Gasteiger partial charge in [0.15, 0.2) is 0 Å². The van der Waals surface area contributed by atoms with Gasteiger partial charge in [-0.1, -0.05) is 0 Å². The number of aromatic nitrogens is 2. The van der Waals surface area contributed by atoms with Crippen LogP contribution in [0.5, 0.6) is 0 Å². The van der Waals surface area contributed by atoms with E-state index < -0.39 is 0 Å². The molecule has 2 heterocycles. The maximum Gasteiger partial charge on any atom is 0.0596 e. The third-order valence-electron chi connectivity index (χ3n) is 2.84. The molecule has 0 atom stereocenters. The Morgan fingerprint density at radius 3 is 2.22 bits per heavy atom. The first-order chi connectivity index (χ1) is 7.25. The Balaban J connectivity index is 0. The molecule has 7 heteroatoms. The van der Waals surface area contributed by atoms with E-state index in [1.54, 1.807) is 0 Å². The van der Waals surface area contributed by atoms with Crippen molar-refractivity contribution in [3.63, 3.8) is 0 Å². The fourth-order valence-electron chi connectivity index (χ4n) is 1.96. The summed E-state index contributed by atoms with van der Waals surface area (Å²) in [6.45, 7) is 10.1. The maximum atomic E-state index is 5.32. The lowest BCUT2D eigenvalue weighted by molar-refractivity contribution is 0.0359. The molecule has 1 aliphatic heterocycles. The van der Waals surface area contributed by atoms with E-state index in [0.29, 0.717) is 0 Å². The van der Waals surface area contributed by atoms with E-state index >= 15 is 0 Å². The van der Waals surface area contributed by atoms with Gasteiger partial charge in [-0.15, -0.1) is 37.2 Å². The largest absolute Gasteiger partial charge is 0.379 e. The zero-order valence-electron chi connectivity index (χ0n) is 10.8. The van der Waals surface area contributed by atoms with Gasteiger partial charge in [-0.2, -0.15) is 5.10 Å². The summed E-state index contributed by atoms with van der Waals surface area (Å²) in [6.07, 6.45) is 0. The lowest BCUT2D eigenvalue weighted by Crippen LogP contribution is -2.38. The molecule has 1 saturated heterocycles. The second-order valence-electron chi connectivity index (χ2n) is 4.10. The molecule has 0 saturated carbocycles. The van der Waals surface area contributed by atoms with E-state index in [9.17, 15) is 0 Å². The van der Waals surface area contributed by atoms with E-state index in [0.717, 1.165) is 45.1 Å². The average Bonchev–Trinajstić information content (AvgIpc) is 2.56. The second-order valence-corrected chi connectivity index (χ2v) is 4.10. The van der Waals surface area contributed by atoms with Crippen molar-refractivity contribution in [2.75, 3.05) is 32.8 Å². The van der Waals surface area contributed by atoms with Gasteiger partial charge < -0.3 is 4.74 Å². The average molecular weight is 319 g/mol. The zero-order valence-corrected chi connectivity index (χ0v) is 13.2. The molecule has 2 rings (SSSR count). The predicted molar refractivity (Wildman–Crippen MR) is 80.7 cm³/mol. The van der Waals surface area contributed by atoms with Crippen LogP contribution in [-0.2, 0) is 11.3 Å². The number of hydrogen-bond donors (Lipinski definition) is 0. The van der Waals surface area contributed by atoms with Crippen LogP contribution in [0.2, 0.25) is 0 Å². The number of ether oxygens (including phenoxy) is 1. The summed E-state index contributed by atoms with van der Waals surface area (Å²) in [5.74, 6) is 0. The highest BCUT2D eigenvalue weighted by atomic mass is 35.5. The molecule has 0 aliphatic carbocycles. The Bertz CT molecular complexity index is 327. The van der Waals surface area contributed by atoms with Crippen molar-refractivity contribution in [1.29, 1.82) is 0 Å². The minimum absolute atomic E-state index is 0. The van der Waals surface area contributed by atoms with Crippen molar-refractivity contribution in [2.45, 2.75) is 20.4 Å². The number of nitrogens with zero attached hydrogens (tertiary/aromatic N) is 3. The first-order valence-electron chi connectivity index (χ1n) is 5.57. The number of hydrogen-bond acceptors (Lipinski definition) is 3. The van der Waals surface area contributed by atoms with Crippen LogP contribution in [0.4, 0.5) is 0 Å². The van der Waals surface area contributed by atoms with E-state index in [2.05, 4.69) is 27.7 Å². The number of halogens is 3. The molecule has 0 unspecified atom stereocenters. The van der Waals surface area contributed by atoms with Gasteiger partial charge in [0.25, 0.3) is 0 Å². The lowest BCUT2D eigenvalue weighted by atomic mass is 10.4. The Kier molecular flexibility index (Phi) is 11.1. The third-order valence-corrected chi connectivity index (χ3v) is 2.84. The van der Waals surface area contributed by atoms with Gasteiger partial charge in [-0.3, -0.25) is 9.58 Å². The van der Waals surface area contributed by atoms with Gasteiger partial charge in [0, 0.05) is 25.3 Å². The summed E-state index contributed by atoms with van der Waals surface area (Å²) in [5, 5.41) is 4.45. The first-order valence-corrected chi connectivity index (χ1v) is 5.57. The summed E-state index contributed by atoms with van der Waals surface area (Å²) in [4.78, 5) is 2.43. The van der Waals surface area contributed by atoms with Gasteiger partial charge in [-0.25, -0.2) is 0 Å². The second kappa shape index (κ2) is 9.87. The Hall–Kier alpha value is -0.000000000000000111. The fourth-order valence-corrected chi connectivity index (χ4v) is 1.96. The monoisotopic (exact) mass is 317 g/mol. The van der Waals surface area contributed by atoms with Crippen molar-refractivity contribution in [1.82, 2.24) is 14.7 Å². The van der Waals surface area contributed by atoms with Crippen LogP contribution < -0.4 is 0 Å². The number of morpholine rings is 1. The van der Waals surface area contributed by atoms with E-state index in [-0.39, 0.29) is 37.2 Å². The number of aryl methyl sites for hydroxylation is 2. The Morgan fingerprint density at radius 2 is 1.72 bits per heavy atom. The van der Waals surface area contributed by atoms with Gasteiger partial charge in [0.05, 0.1) is 25.5 Å². The van der Waals surface area contributed by atoms with Gasteiger partial charge in [0.2, 0.25) is 0 Å². The molecule has 1 aromatic rings. The molecule has 4 nitrogen and oxygen atoms in total. The standard InChI is InChI=1S/C11H19N3O.3ClH/c1-10-9-11(2)14(12-10)4-3-13-5-7-15-8-6-13;;;/h9H,3-8H2,1-2H3;3*1H. The molecule has 0 N–H and O–H groups in total. The molecule has 0 radical (unpaired) electrons. The van der Waals surface area contributed by atoms with Gasteiger partial charge in [0.1, 0.15) is 0 Å². The highest BCUT2D eigenvalue weighted by molar-refractivity contribution is 5.86. The molecule has 0 spiro atoms. The molecule has 1 aromatic heterocycles. The van der Waals surface area contributed by atoms with Crippen molar-refractivity contribution < 1.29 is 4.74 Å². The molecule has 0 aromatic carbocycles. The van der Waals surface area contributed by atoms with Crippen molar-refractivity contribution in [3.8, 4) is 0 Å². The minimum atomic E-state index is 0. The highest BCUT2D eigenvalue weighted by Gasteiger charge is 2.10. The molecular formula is C11H22Cl3N3O. The molecule has 108 valence electrons. The Morgan fingerprint density at radius 1 is 1.11 bits per heavy atom. The highest BCUT2D eigenvalue weighted by Crippen LogP contribution is 2.03. The molecule has 0 amide bonds. The lowest BCUT2D eigenvalue weighted by Gasteiger charge is -2.26. The fraction of sp³-hybridized carbons (Fsp3) is 0.727. The molecule has 18 heavy (non-hydrogen) atoms. The summed E-state index contributed by atoms with van der Waals surface area (Å²) >= 11 is 0. The number of rotatable bonds is 3. The molecule has 1 aliphatic rings. The van der Waals surface area contributed by atoms with Crippen LogP contribution in [-0.4, -0.2) is 47.5 Å². The quantitative estimate of drug-likeness (QED) is 0.855. The maximum absolute atomic E-state index is 5.32. The van der Waals surface area contributed by atoms with E-state index in [4.69, 9.17) is 4.74 Å². The topological polar surface area (TPSA) is 30.3 Å². The summed E-state index contributed by atoms with van der Waals surface area (Å²) in [7, 11) is 0. The third kappa shape index (κ3) is 5.76. The van der Waals surface area contributed by atoms with Crippen LogP contribution in [0.15, 0.2) is 6.07 Å².